The van der Waals surface area contributed by atoms with E-state index >= 15 is 0 Å². The number of rotatable bonds is 3. The van der Waals surface area contributed by atoms with Gasteiger partial charge < -0.3 is 10.0 Å². The van der Waals surface area contributed by atoms with E-state index in [-0.39, 0.29) is 25.0 Å². The van der Waals surface area contributed by atoms with E-state index in [1.165, 1.54) is 4.90 Å². The van der Waals surface area contributed by atoms with Crippen molar-refractivity contribution in [2.75, 3.05) is 20.1 Å². The van der Waals surface area contributed by atoms with Crippen LogP contribution in [0.4, 0.5) is 4.79 Å². The molecule has 96 valence electrons. The van der Waals surface area contributed by atoms with Crippen LogP contribution in [-0.2, 0) is 4.79 Å². The molecule has 5 heteroatoms. The Morgan fingerprint density at radius 3 is 2.39 bits per heavy atom. The number of urea groups is 1. The first-order valence-electron chi connectivity index (χ1n) is 5.79. The number of amides is 3. The summed E-state index contributed by atoms with van der Waals surface area (Å²) in [5.74, 6) is -0.270. The molecule has 1 saturated heterocycles. The van der Waals surface area contributed by atoms with Gasteiger partial charge in [0.05, 0.1) is 12.6 Å². The van der Waals surface area contributed by atoms with Crippen LogP contribution in [0.5, 0.6) is 0 Å². The quantitative estimate of drug-likeness (QED) is 0.809. The van der Waals surface area contributed by atoms with Crippen molar-refractivity contribution in [3.63, 3.8) is 0 Å². The molecule has 0 spiro atoms. The van der Waals surface area contributed by atoms with E-state index < -0.39 is 6.10 Å². The lowest BCUT2D eigenvalue weighted by atomic mass is 10.1. The fourth-order valence-electron chi connectivity index (χ4n) is 1.92. The molecule has 0 radical (unpaired) electrons. The molecule has 1 atom stereocenters. The van der Waals surface area contributed by atoms with Gasteiger partial charge in [0.15, 0.2) is 0 Å². The van der Waals surface area contributed by atoms with Crippen molar-refractivity contribution >= 4 is 11.9 Å². The molecule has 1 unspecified atom stereocenters. The highest BCUT2D eigenvalue weighted by atomic mass is 16.3. The van der Waals surface area contributed by atoms with E-state index in [4.69, 9.17) is 0 Å². The fourth-order valence-corrected chi connectivity index (χ4v) is 1.92. The monoisotopic (exact) mass is 248 g/mol. The number of benzene rings is 1. The Hall–Kier alpha value is -1.88. The zero-order chi connectivity index (χ0) is 13.3. The molecule has 1 fully saturated rings. The number of nitrogens with zero attached hydrogens (tertiary/aromatic N) is 2. The number of hydrogen-bond donors (Lipinski definition) is 1. The minimum absolute atomic E-state index is 0.00503. The summed E-state index contributed by atoms with van der Waals surface area (Å²) in [5, 5.41) is 10.0. The molecule has 1 aliphatic heterocycles. The normalized spacial score (nSPS) is 17.5. The van der Waals surface area contributed by atoms with Crippen LogP contribution in [-0.4, -0.2) is 47.0 Å². The number of carbonyl (C=O) groups is 2. The van der Waals surface area contributed by atoms with Crippen molar-refractivity contribution in [3.8, 4) is 0 Å². The van der Waals surface area contributed by atoms with E-state index in [9.17, 15) is 14.7 Å². The highest BCUT2D eigenvalue weighted by molar-refractivity contribution is 6.01. The van der Waals surface area contributed by atoms with Crippen LogP contribution in [0.15, 0.2) is 24.3 Å². The van der Waals surface area contributed by atoms with Gasteiger partial charge in [-0.05, 0) is 12.5 Å². The van der Waals surface area contributed by atoms with Gasteiger partial charge in [0, 0.05) is 7.05 Å². The first-order chi connectivity index (χ1) is 8.49. The van der Waals surface area contributed by atoms with Gasteiger partial charge in [-0.15, -0.1) is 0 Å². The maximum Gasteiger partial charge on any atom is 0.327 e. The third-order valence-electron chi connectivity index (χ3n) is 3.05. The zero-order valence-electron chi connectivity index (χ0n) is 10.5. The largest absolute Gasteiger partial charge is 0.387 e. The lowest BCUT2D eigenvalue weighted by molar-refractivity contribution is -0.126. The summed E-state index contributed by atoms with van der Waals surface area (Å²) in [6.07, 6.45) is -0.843. The molecule has 1 aromatic rings. The Balaban J connectivity index is 2.07. The summed E-state index contributed by atoms with van der Waals surface area (Å²) in [6.45, 7) is 2.04. The molecule has 1 heterocycles. The van der Waals surface area contributed by atoms with Crippen LogP contribution in [0.1, 0.15) is 17.2 Å². The molecule has 0 aromatic heterocycles. The number of aryl methyl sites for hydroxylation is 1. The number of likely N-dealkylation sites (N-methyl/N-ethyl adjacent to an activating group) is 1. The van der Waals surface area contributed by atoms with E-state index in [0.29, 0.717) is 5.56 Å². The van der Waals surface area contributed by atoms with Crippen LogP contribution < -0.4 is 0 Å². The van der Waals surface area contributed by atoms with Crippen molar-refractivity contribution < 1.29 is 14.7 Å². The van der Waals surface area contributed by atoms with Crippen LogP contribution in [0.25, 0.3) is 0 Å². The SMILES string of the molecule is Cc1ccc(C(O)CN2C(=O)CN(C)C2=O)cc1. The third kappa shape index (κ3) is 2.36. The Labute approximate surface area is 106 Å². The first-order valence-corrected chi connectivity index (χ1v) is 5.79. The summed E-state index contributed by atoms with van der Waals surface area (Å²) in [6, 6.07) is 7.02. The van der Waals surface area contributed by atoms with Gasteiger partial charge in [0.25, 0.3) is 0 Å². The number of carbonyl (C=O) groups excluding carboxylic acids is 2. The van der Waals surface area contributed by atoms with Crippen molar-refractivity contribution in [2.24, 2.45) is 0 Å². The van der Waals surface area contributed by atoms with E-state index in [1.54, 1.807) is 19.2 Å². The van der Waals surface area contributed by atoms with Crippen LogP contribution >= 0.6 is 0 Å². The highest BCUT2D eigenvalue weighted by Crippen LogP contribution is 2.18. The Bertz CT molecular complexity index is 470. The minimum Gasteiger partial charge on any atom is -0.387 e. The number of hydrogen-bond acceptors (Lipinski definition) is 3. The average molecular weight is 248 g/mol. The molecule has 5 nitrogen and oxygen atoms in total. The molecule has 1 aliphatic rings. The van der Waals surface area contributed by atoms with Gasteiger partial charge in [-0.3, -0.25) is 9.69 Å². The van der Waals surface area contributed by atoms with E-state index in [2.05, 4.69) is 0 Å². The van der Waals surface area contributed by atoms with Gasteiger partial charge in [0.2, 0.25) is 5.91 Å². The second-order valence-corrected chi connectivity index (χ2v) is 4.57. The van der Waals surface area contributed by atoms with Crippen molar-refractivity contribution in [1.82, 2.24) is 9.80 Å². The molecule has 3 amide bonds. The lowest BCUT2D eigenvalue weighted by Gasteiger charge is -2.18. The van der Waals surface area contributed by atoms with Crippen molar-refractivity contribution in [2.45, 2.75) is 13.0 Å². The Morgan fingerprint density at radius 1 is 1.28 bits per heavy atom. The molecule has 1 N–H and O–H groups in total. The molecular weight excluding hydrogens is 232 g/mol. The number of β-amino-alcohol motifs (C(OH)–C–C–N with tert-alkyl or cyclic N) is 1. The van der Waals surface area contributed by atoms with Gasteiger partial charge in [-0.25, -0.2) is 4.79 Å². The van der Waals surface area contributed by atoms with Crippen molar-refractivity contribution in [3.05, 3.63) is 35.4 Å². The molecule has 0 aliphatic carbocycles. The van der Waals surface area contributed by atoms with Crippen molar-refractivity contribution in [1.29, 1.82) is 0 Å². The average Bonchev–Trinajstić information content (AvgIpc) is 2.57. The molecular formula is C13H16N2O3. The molecule has 2 rings (SSSR count). The number of aliphatic hydroxyl groups excluding tert-OH is 1. The summed E-state index contributed by atoms with van der Waals surface area (Å²) in [5.41, 5.74) is 1.80. The smallest absolute Gasteiger partial charge is 0.327 e. The summed E-state index contributed by atoms with van der Waals surface area (Å²) >= 11 is 0. The maximum absolute atomic E-state index is 11.7. The summed E-state index contributed by atoms with van der Waals surface area (Å²) in [7, 11) is 1.57. The van der Waals surface area contributed by atoms with E-state index in [0.717, 1.165) is 10.5 Å². The second kappa shape index (κ2) is 4.78. The minimum atomic E-state index is -0.843. The molecule has 0 saturated carbocycles. The van der Waals surface area contributed by atoms with Gasteiger partial charge in [0.1, 0.15) is 6.54 Å². The number of aliphatic hydroxyl groups is 1. The lowest BCUT2D eigenvalue weighted by Crippen LogP contribution is -2.35. The fraction of sp³-hybridized carbons (Fsp3) is 0.385. The third-order valence-corrected chi connectivity index (χ3v) is 3.05. The number of imide groups is 1. The first kappa shape index (κ1) is 12.6. The predicted octanol–water partition coefficient (Wildman–Crippen LogP) is 0.922. The zero-order valence-corrected chi connectivity index (χ0v) is 10.5. The standard InChI is InChI=1S/C13H16N2O3/c1-9-3-5-10(6-4-9)11(16)7-15-12(17)8-14(2)13(15)18/h3-6,11,16H,7-8H2,1-2H3. The summed E-state index contributed by atoms with van der Waals surface area (Å²) in [4.78, 5) is 25.7. The van der Waals surface area contributed by atoms with Crippen LogP contribution in [0.2, 0.25) is 0 Å². The molecule has 18 heavy (non-hydrogen) atoms. The maximum atomic E-state index is 11.7. The second-order valence-electron chi connectivity index (χ2n) is 4.57. The van der Waals surface area contributed by atoms with Crippen LogP contribution in [0, 0.1) is 6.92 Å². The highest BCUT2D eigenvalue weighted by Gasteiger charge is 2.34. The summed E-state index contributed by atoms with van der Waals surface area (Å²) < 4.78 is 0. The predicted molar refractivity (Wildman–Crippen MR) is 65.9 cm³/mol. The Kier molecular flexibility index (Phi) is 3.34. The van der Waals surface area contributed by atoms with Gasteiger partial charge in [-0.1, -0.05) is 29.8 Å². The van der Waals surface area contributed by atoms with Gasteiger partial charge >= 0.3 is 6.03 Å². The van der Waals surface area contributed by atoms with Crippen LogP contribution in [0.3, 0.4) is 0 Å². The van der Waals surface area contributed by atoms with E-state index in [1.807, 2.05) is 19.1 Å². The molecule has 1 aromatic carbocycles. The Morgan fingerprint density at radius 2 is 1.89 bits per heavy atom. The van der Waals surface area contributed by atoms with Gasteiger partial charge in [-0.2, -0.15) is 0 Å². The molecule has 0 bridgehead atoms. The topological polar surface area (TPSA) is 60.9 Å².